The van der Waals surface area contributed by atoms with Gasteiger partial charge in [-0.05, 0) is 43.3 Å². The first kappa shape index (κ1) is 16.8. The van der Waals surface area contributed by atoms with Gasteiger partial charge in [-0.3, -0.25) is 9.36 Å². The van der Waals surface area contributed by atoms with Crippen molar-refractivity contribution in [3.05, 3.63) is 64.7 Å². The Morgan fingerprint density at radius 3 is 2.48 bits per heavy atom. The maximum Gasteiger partial charge on any atom is 0.573 e. The fourth-order valence-corrected chi connectivity index (χ4v) is 2.41. The maximum absolute atomic E-state index is 12.5. The quantitative estimate of drug-likeness (QED) is 0.781. The van der Waals surface area contributed by atoms with Crippen LogP contribution in [0.15, 0.2) is 53.3 Å². The smallest absolute Gasteiger partial charge is 0.406 e. The van der Waals surface area contributed by atoms with Crippen molar-refractivity contribution in [2.75, 3.05) is 5.32 Å². The molecule has 0 fully saturated rings. The zero-order valence-corrected chi connectivity index (χ0v) is 13.2. The molecular weight excluding hydrogens is 335 g/mol. The van der Waals surface area contributed by atoms with Gasteiger partial charge in [-0.1, -0.05) is 12.1 Å². The first-order valence-corrected chi connectivity index (χ1v) is 7.39. The molecule has 0 saturated carbocycles. The van der Waals surface area contributed by atoms with Gasteiger partial charge in [0.15, 0.2) is 0 Å². The van der Waals surface area contributed by atoms with Gasteiger partial charge < -0.3 is 10.1 Å². The Hall–Kier alpha value is -3.03. The predicted octanol–water partition coefficient (Wildman–Crippen LogP) is 3.67. The standard InChI is InChI=1S/C17H14F3N3O2/c1-11-22-15-5-3-2-4-14(15)16(24)23(11)10-21-12-6-8-13(9-7-12)25-17(18,19)20/h2-9,21H,10H2,1H3. The molecule has 0 radical (unpaired) electrons. The highest BCUT2D eigenvalue weighted by atomic mass is 19.4. The number of hydrogen-bond acceptors (Lipinski definition) is 4. The zero-order chi connectivity index (χ0) is 18.0. The van der Waals surface area contributed by atoms with Crippen LogP contribution >= 0.6 is 0 Å². The molecule has 0 amide bonds. The van der Waals surface area contributed by atoms with Crippen LogP contribution in [0.5, 0.6) is 5.75 Å². The number of aryl methyl sites for hydroxylation is 1. The summed E-state index contributed by atoms with van der Waals surface area (Å²) in [4.78, 5) is 16.9. The highest BCUT2D eigenvalue weighted by Crippen LogP contribution is 2.24. The number of anilines is 1. The summed E-state index contributed by atoms with van der Waals surface area (Å²) in [6.07, 6.45) is -4.73. The molecule has 1 aromatic heterocycles. The summed E-state index contributed by atoms with van der Waals surface area (Å²) >= 11 is 0. The molecule has 0 atom stereocenters. The molecule has 8 heteroatoms. The number of alkyl halides is 3. The number of rotatable bonds is 4. The van der Waals surface area contributed by atoms with Crippen molar-refractivity contribution in [3.63, 3.8) is 0 Å². The number of fused-ring (bicyclic) bond motifs is 1. The fraction of sp³-hybridized carbons (Fsp3) is 0.176. The Balaban J connectivity index is 1.78. The largest absolute Gasteiger partial charge is 0.573 e. The first-order chi connectivity index (χ1) is 11.8. The van der Waals surface area contributed by atoms with Crippen molar-refractivity contribution in [3.8, 4) is 5.75 Å². The molecule has 1 N–H and O–H groups in total. The minimum atomic E-state index is -4.73. The number of ether oxygens (including phenoxy) is 1. The van der Waals surface area contributed by atoms with Crippen LogP contribution in [-0.2, 0) is 6.67 Å². The van der Waals surface area contributed by atoms with E-state index < -0.39 is 6.36 Å². The van der Waals surface area contributed by atoms with Crippen LogP contribution in [0.2, 0.25) is 0 Å². The first-order valence-electron chi connectivity index (χ1n) is 7.39. The third-order valence-corrected chi connectivity index (χ3v) is 3.58. The lowest BCUT2D eigenvalue weighted by atomic mass is 10.2. The number of nitrogens with one attached hydrogen (secondary N) is 1. The van der Waals surface area contributed by atoms with Crippen molar-refractivity contribution in [1.29, 1.82) is 0 Å². The molecule has 0 unspecified atom stereocenters. The van der Waals surface area contributed by atoms with E-state index in [0.717, 1.165) is 0 Å². The summed E-state index contributed by atoms with van der Waals surface area (Å²) in [6.45, 7) is 1.86. The molecule has 0 aliphatic carbocycles. The molecule has 0 bridgehead atoms. The van der Waals surface area contributed by atoms with Gasteiger partial charge in [0.25, 0.3) is 5.56 Å². The van der Waals surface area contributed by atoms with E-state index in [1.165, 1.54) is 28.8 Å². The molecule has 1 heterocycles. The summed E-state index contributed by atoms with van der Waals surface area (Å²) in [7, 11) is 0. The Morgan fingerprint density at radius 1 is 1.12 bits per heavy atom. The van der Waals surface area contributed by atoms with E-state index in [2.05, 4.69) is 15.0 Å². The Bertz CT molecular complexity index is 950. The monoisotopic (exact) mass is 349 g/mol. The van der Waals surface area contributed by atoms with Gasteiger partial charge in [-0.2, -0.15) is 0 Å². The molecule has 5 nitrogen and oxygen atoms in total. The van der Waals surface area contributed by atoms with Crippen LogP contribution in [0.1, 0.15) is 5.82 Å². The SMILES string of the molecule is Cc1nc2ccccc2c(=O)n1CNc1ccc(OC(F)(F)F)cc1. The Morgan fingerprint density at radius 2 is 1.80 bits per heavy atom. The lowest BCUT2D eigenvalue weighted by molar-refractivity contribution is -0.274. The van der Waals surface area contributed by atoms with Crippen molar-refractivity contribution >= 4 is 16.6 Å². The Labute approximate surface area is 140 Å². The molecule has 0 saturated heterocycles. The molecule has 3 rings (SSSR count). The van der Waals surface area contributed by atoms with Gasteiger partial charge in [-0.25, -0.2) is 4.98 Å². The van der Waals surface area contributed by atoms with E-state index in [9.17, 15) is 18.0 Å². The summed E-state index contributed by atoms with van der Waals surface area (Å²) in [6, 6.07) is 12.3. The van der Waals surface area contributed by atoms with E-state index in [1.807, 2.05) is 0 Å². The number of benzene rings is 2. The predicted molar refractivity (Wildman–Crippen MR) is 87.5 cm³/mol. The number of hydrogen-bond donors (Lipinski definition) is 1. The van der Waals surface area contributed by atoms with E-state index in [-0.39, 0.29) is 18.0 Å². The third-order valence-electron chi connectivity index (χ3n) is 3.58. The highest BCUT2D eigenvalue weighted by Gasteiger charge is 2.30. The minimum absolute atomic E-state index is 0.141. The summed E-state index contributed by atoms with van der Waals surface area (Å²) in [5.74, 6) is 0.229. The molecule has 3 aromatic rings. The van der Waals surface area contributed by atoms with Gasteiger partial charge >= 0.3 is 6.36 Å². The van der Waals surface area contributed by atoms with Crippen molar-refractivity contribution in [2.45, 2.75) is 20.0 Å². The highest BCUT2D eigenvalue weighted by molar-refractivity contribution is 5.77. The van der Waals surface area contributed by atoms with Crippen molar-refractivity contribution in [1.82, 2.24) is 9.55 Å². The van der Waals surface area contributed by atoms with Gasteiger partial charge in [0.2, 0.25) is 0 Å². The van der Waals surface area contributed by atoms with Gasteiger partial charge in [0.05, 0.1) is 17.6 Å². The summed E-state index contributed by atoms with van der Waals surface area (Å²) in [5, 5.41) is 3.49. The molecule has 0 spiro atoms. The van der Waals surface area contributed by atoms with Crippen LogP contribution in [0, 0.1) is 6.92 Å². The Kier molecular flexibility index (Phi) is 4.35. The average Bonchev–Trinajstić information content (AvgIpc) is 2.55. The second-order valence-corrected chi connectivity index (χ2v) is 5.32. The normalized spacial score (nSPS) is 11.5. The molecule has 25 heavy (non-hydrogen) atoms. The number of nitrogens with zero attached hydrogens (tertiary/aromatic N) is 2. The lowest BCUT2D eigenvalue weighted by Crippen LogP contribution is -2.27. The number of aromatic nitrogens is 2. The van der Waals surface area contributed by atoms with Crippen LogP contribution in [0.25, 0.3) is 10.9 Å². The number of para-hydroxylation sites is 1. The topological polar surface area (TPSA) is 56.2 Å². The van der Waals surface area contributed by atoms with Crippen LogP contribution in [-0.4, -0.2) is 15.9 Å². The summed E-state index contributed by atoms with van der Waals surface area (Å²) < 4.78 is 41.7. The maximum atomic E-state index is 12.5. The van der Waals surface area contributed by atoms with Crippen molar-refractivity contribution in [2.24, 2.45) is 0 Å². The fourth-order valence-electron chi connectivity index (χ4n) is 2.41. The van der Waals surface area contributed by atoms with Crippen LogP contribution in [0.4, 0.5) is 18.9 Å². The van der Waals surface area contributed by atoms with Crippen LogP contribution in [0.3, 0.4) is 0 Å². The lowest BCUT2D eigenvalue weighted by Gasteiger charge is -2.13. The van der Waals surface area contributed by atoms with E-state index in [4.69, 9.17) is 0 Å². The molecule has 2 aromatic carbocycles. The van der Waals surface area contributed by atoms with E-state index in [1.54, 1.807) is 31.2 Å². The van der Waals surface area contributed by atoms with Crippen molar-refractivity contribution < 1.29 is 17.9 Å². The second-order valence-electron chi connectivity index (χ2n) is 5.32. The summed E-state index contributed by atoms with van der Waals surface area (Å²) in [5.41, 5.74) is 0.983. The molecule has 130 valence electrons. The third kappa shape index (κ3) is 3.90. The molecule has 0 aliphatic rings. The molecule has 0 aliphatic heterocycles. The number of halogens is 3. The zero-order valence-electron chi connectivity index (χ0n) is 13.2. The van der Waals surface area contributed by atoms with E-state index in [0.29, 0.717) is 22.4 Å². The second kappa shape index (κ2) is 6.46. The van der Waals surface area contributed by atoms with E-state index >= 15 is 0 Å². The van der Waals surface area contributed by atoms with Gasteiger partial charge in [0.1, 0.15) is 11.6 Å². The van der Waals surface area contributed by atoms with Crippen LogP contribution < -0.4 is 15.6 Å². The average molecular weight is 349 g/mol. The van der Waals surface area contributed by atoms with Gasteiger partial charge in [0, 0.05) is 5.69 Å². The minimum Gasteiger partial charge on any atom is -0.406 e. The molecular formula is C17H14F3N3O2. The van der Waals surface area contributed by atoms with Gasteiger partial charge in [-0.15, -0.1) is 13.2 Å².